The van der Waals surface area contributed by atoms with Gasteiger partial charge < -0.3 is 0 Å². The molecule has 0 aliphatic carbocycles. The summed E-state index contributed by atoms with van der Waals surface area (Å²) in [7, 11) is -4.94. The Bertz CT molecular complexity index is 620. The standard InChI is InChI=1S/C15H20NO.ClHO4/c1-11-6-7-13(10-12(11)2)14-8-9-16(17-14)15(3,4)5;2-1(3,4)5/h6-10H,1-5H3;(H,2,3,4,5)/q+1;/p-1. The molecule has 0 atom stereocenters. The molecule has 2 aromatic rings. The summed E-state index contributed by atoms with van der Waals surface area (Å²) in [5, 5.41) is 0. The Morgan fingerprint density at radius 2 is 1.50 bits per heavy atom. The number of aromatic nitrogens is 1. The van der Waals surface area contributed by atoms with E-state index in [4.69, 9.17) is 23.2 Å². The van der Waals surface area contributed by atoms with E-state index in [0.29, 0.717) is 0 Å². The van der Waals surface area contributed by atoms with Gasteiger partial charge >= 0.3 is 0 Å². The number of nitrogens with zero attached hydrogens (tertiary/aromatic N) is 1. The molecule has 1 aromatic heterocycles. The molecule has 0 unspecified atom stereocenters. The molecule has 22 heavy (non-hydrogen) atoms. The Morgan fingerprint density at radius 1 is 0.955 bits per heavy atom. The van der Waals surface area contributed by atoms with Crippen LogP contribution in [0.3, 0.4) is 0 Å². The van der Waals surface area contributed by atoms with E-state index in [9.17, 15) is 0 Å². The first kappa shape index (κ1) is 18.6. The van der Waals surface area contributed by atoms with Gasteiger partial charge in [0.25, 0.3) is 0 Å². The molecule has 0 radical (unpaired) electrons. The maximum Gasteiger partial charge on any atom is 0.221 e. The lowest BCUT2D eigenvalue weighted by molar-refractivity contribution is -2.00. The molecule has 6 nitrogen and oxygen atoms in total. The van der Waals surface area contributed by atoms with Gasteiger partial charge in [0.2, 0.25) is 17.5 Å². The van der Waals surface area contributed by atoms with Gasteiger partial charge in [-0.15, -0.1) is 10.2 Å². The van der Waals surface area contributed by atoms with E-state index >= 15 is 0 Å². The van der Waals surface area contributed by atoms with E-state index in [1.165, 1.54) is 11.1 Å². The zero-order valence-electron chi connectivity index (χ0n) is 13.3. The highest BCUT2D eigenvalue weighted by molar-refractivity contribution is 5.58. The normalized spacial score (nSPS) is 11.9. The molecule has 1 heterocycles. The monoisotopic (exact) mass is 329 g/mol. The largest absolute Gasteiger partial charge is 0.236 e. The third-order valence-corrected chi connectivity index (χ3v) is 3.01. The lowest BCUT2D eigenvalue weighted by Gasteiger charge is -2.17. The van der Waals surface area contributed by atoms with Crippen LogP contribution >= 0.6 is 0 Å². The molecule has 0 aliphatic heterocycles. The average molecular weight is 330 g/mol. The highest BCUT2D eigenvalue weighted by Gasteiger charge is 2.26. The molecule has 2 rings (SSSR count). The molecule has 0 saturated carbocycles. The fraction of sp³-hybridized carbons (Fsp3) is 0.400. The summed E-state index contributed by atoms with van der Waals surface area (Å²) in [4.78, 5) is 0. The number of rotatable bonds is 1. The first-order chi connectivity index (χ1) is 9.88. The van der Waals surface area contributed by atoms with Gasteiger partial charge in [-0.2, -0.15) is 0 Å². The van der Waals surface area contributed by atoms with Crippen molar-refractivity contribution >= 4 is 0 Å². The third kappa shape index (κ3) is 6.13. The molecule has 122 valence electrons. The van der Waals surface area contributed by atoms with E-state index in [1.54, 1.807) is 0 Å². The Morgan fingerprint density at radius 3 is 1.91 bits per heavy atom. The predicted octanol–water partition coefficient (Wildman–Crippen LogP) is -1.15. The Balaban J connectivity index is 0.000000422. The molecule has 0 spiro atoms. The fourth-order valence-electron chi connectivity index (χ4n) is 1.71. The van der Waals surface area contributed by atoms with E-state index in [0.717, 1.165) is 11.3 Å². The van der Waals surface area contributed by atoms with Crippen LogP contribution < -0.4 is 23.4 Å². The number of aryl methyl sites for hydroxylation is 2. The van der Waals surface area contributed by atoms with Crippen molar-refractivity contribution in [3.63, 3.8) is 0 Å². The van der Waals surface area contributed by atoms with E-state index < -0.39 is 10.2 Å². The van der Waals surface area contributed by atoms with Crippen LogP contribution in [0, 0.1) is 24.1 Å². The molecular weight excluding hydrogens is 310 g/mol. The van der Waals surface area contributed by atoms with E-state index in [1.807, 2.05) is 17.0 Å². The van der Waals surface area contributed by atoms with Gasteiger partial charge in [0.1, 0.15) is 0 Å². The number of halogens is 1. The second-order valence-corrected chi connectivity index (χ2v) is 6.70. The molecule has 0 saturated heterocycles. The van der Waals surface area contributed by atoms with Crippen LogP contribution in [0.15, 0.2) is 35.0 Å². The quantitative estimate of drug-likeness (QED) is 0.614. The summed E-state index contributed by atoms with van der Waals surface area (Å²) in [6.07, 6.45) is 1.99. The van der Waals surface area contributed by atoms with Crippen molar-refractivity contribution in [2.45, 2.75) is 40.2 Å². The minimum Gasteiger partial charge on any atom is -0.236 e. The number of hydrogen-bond acceptors (Lipinski definition) is 5. The summed E-state index contributed by atoms with van der Waals surface area (Å²) >= 11 is 0. The van der Waals surface area contributed by atoms with E-state index in [-0.39, 0.29) is 5.54 Å². The van der Waals surface area contributed by atoms with Crippen LogP contribution in [0.2, 0.25) is 0 Å². The molecule has 0 bridgehead atoms. The van der Waals surface area contributed by atoms with Gasteiger partial charge in [-0.1, -0.05) is 12.1 Å². The minimum absolute atomic E-state index is 0.0159. The van der Waals surface area contributed by atoms with Gasteiger partial charge in [0.15, 0.2) is 0 Å². The smallest absolute Gasteiger partial charge is 0.221 e. The summed E-state index contributed by atoms with van der Waals surface area (Å²) in [6.45, 7) is 10.6. The van der Waals surface area contributed by atoms with Crippen molar-refractivity contribution in [2.75, 3.05) is 0 Å². The Kier molecular flexibility index (Phi) is 5.72. The van der Waals surface area contributed by atoms with Crippen molar-refractivity contribution in [3.8, 4) is 11.3 Å². The van der Waals surface area contributed by atoms with Crippen molar-refractivity contribution in [1.29, 1.82) is 0 Å². The van der Waals surface area contributed by atoms with Crippen molar-refractivity contribution in [2.24, 2.45) is 0 Å². The topological polar surface area (TPSA) is 109 Å². The molecule has 0 fully saturated rings. The van der Waals surface area contributed by atoms with Crippen LogP contribution in [-0.2, 0) is 5.54 Å². The van der Waals surface area contributed by atoms with Crippen molar-refractivity contribution in [1.82, 2.24) is 0 Å². The Labute approximate surface area is 131 Å². The second-order valence-electron chi connectivity index (χ2n) is 5.94. The van der Waals surface area contributed by atoms with Crippen LogP contribution in [0.25, 0.3) is 11.3 Å². The molecule has 7 heteroatoms. The fourth-order valence-corrected chi connectivity index (χ4v) is 1.71. The van der Waals surface area contributed by atoms with Crippen LogP contribution in [0.4, 0.5) is 0 Å². The molecule has 0 aliphatic rings. The third-order valence-electron chi connectivity index (χ3n) is 3.01. The number of hydrogen-bond donors (Lipinski definition) is 0. The molecular formula is C15H20ClNO5. The van der Waals surface area contributed by atoms with Crippen molar-refractivity contribution in [3.05, 3.63) is 41.6 Å². The van der Waals surface area contributed by atoms with Crippen LogP contribution in [0.5, 0.6) is 0 Å². The number of benzene rings is 1. The highest BCUT2D eigenvalue weighted by atomic mass is 35.7. The summed E-state index contributed by atoms with van der Waals surface area (Å²) in [5.41, 5.74) is 3.72. The summed E-state index contributed by atoms with van der Waals surface area (Å²) in [6, 6.07) is 8.43. The van der Waals surface area contributed by atoms with Crippen molar-refractivity contribution < 1.29 is 38.1 Å². The maximum atomic E-state index is 8.49. The lowest BCUT2D eigenvalue weighted by Crippen LogP contribution is -2.68. The van der Waals surface area contributed by atoms with Crippen LogP contribution in [-0.4, -0.2) is 0 Å². The lowest BCUT2D eigenvalue weighted by atomic mass is 10.1. The molecule has 0 amide bonds. The first-order valence-corrected chi connectivity index (χ1v) is 7.83. The van der Waals surface area contributed by atoms with Gasteiger partial charge in [-0.3, -0.25) is 0 Å². The van der Waals surface area contributed by atoms with E-state index in [2.05, 4.69) is 52.8 Å². The summed E-state index contributed by atoms with van der Waals surface area (Å²) < 4.78 is 41.7. The van der Waals surface area contributed by atoms with Crippen LogP contribution in [0.1, 0.15) is 31.9 Å². The summed E-state index contributed by atoms with van der Waals surface area (Å²) in [5.74, 6) is 0.919. The maximum absolute atomic E-state index is 8.49. The second kappa shape index (κ2) is 6.76. The minimum atomic E-state index is -4.94. The first-order valence-electron chi connectivity index (χ1n) is 6.60. The average Bonchev–Trinajstić information content (AvgIpc) is 2.79. The SMILES string of the molecule is Cc1ccc(-c2cc[n+](C(C)(C)C)o2)cc1C.[O-][Cl+3]([O-])([O-])[O-]. The highest BCUT2D eigenvalue weighted by Crippen LogP contribution is 2.22. The van der Waals surface area contributed by atoms with Gasteiger partial charge in [-0.25, -0.2) is 23.2 Å². The molecule has 0 N–H and O–H groups in total. The zero-order chi connectivity index (χ0) is 17.1. The molecule has 1 aromatic carbocycles. The Hall–Kier alpha value is -1.44. The van der Waals surface area contributed by atoms with Gasteiger partial charge in [-0.05, 0) is 35.8 Å². The zero-order valence-corrected chi connectivity index (χ0v) is 14.0. The van der Waals surface area contributed by atoms with Gasteiger partial charge in [0, 0.05) is 26.3 Å². The predicted molar refractivity (Wildman–Crippen MR) is 68.8 cm³/mol. The van der Waals surface area contributed by atoms with Gasteiger partial charge in [0.05, 0.1) is 6.07 Å².